The molecule has 1 aliphatic heterocycles. The summed E-state index contributed by atoms with van der Waals surface area (Å²) in [7, 11) is 0. The Morgan fingerprint density at radius 1 is 1.45 bits per heavy atom. The zero-order valence-corrected chi connectivity index (χ0v) is 14.3. The summed E-state index contributed by atoms with van der Waals surface area (Å²) < 4.78 is 10.7. The summed E-state index contributed by atoms with van der Waals surface area (Å²) in [6.07, 6.45) is 1.73. The highest BCUT2D eigenvalue weighted by molar-refractivity contribution is 7.16. The second kappa shape index (κ2) is 7.24. The maximum atomic E-state index is 12.4. The number of carbonyl (C=O) groups excluding carboxylic acids is 2. The number of thiophene rings is 1. The van der Waals surface area contributed by atoms with Gasteiger partial charge >= 0.3 is 5.97 Å². The molecule has 0 spiro atoms. The Labute approximate surface area is 135 Å². The highest BCUT2D eigenvalue weighted by Crippen LogP contribution is 2.34. The number of esters is 1. The van der Waals surface area contributed by atoms with Crippen LogP contribution in [0.1, 0.15) is 54.4 Å². The summed E-state index contributed by atoms with van der Waals surface area (Å²) in [5.74, 6) is -0.557. The molecule has 1 N–H and O–H groups in total. The number of aryl methyl sites for hydroxylation is 1. The van der Waals surface area contributed by atoms with Crippen LogP contribution in [0.2, 0.25) is 0 Å². The van der Waals surface area contributed by atoms with Crippen LogP contribution in [-0.2, 0) is 20.7 Å². The first kappa shape index (κ1) is 17.0. The van der Waals surface area contributed by atoms with E-state index in [1.807, 2.05) is 27.7 Å². The van der Waals surface area contributed by atoms with Crippen molar-refractivity contribution in [1.82, 2.24) is 0 Å². The third-order valence-electron chi connectivity index (χ3n) is 3.57. The Kier molecular flexibility index (Phi) is 5.58. The fourth-order valence-electron chi connectivity index (χ4n) is 2.56. The van der Waals surface area contributed by atoms with Gasteiger partial charge in [0.1, 0.15) is 11.1 Å². The normalized spacial score (nSPS) is 17.8. The van der Waals surface area contributed by atoms with Crippen LogP contribution in [0, 0.1) is 6.92 Å². The quantitative estimate of drug-likeness (QED) is 0.844. The molecule has 1 aromatic heterocycles. The van der Waals surface area contributed by atoms with E-state index in [4.69, 9.17) is 9.47 Å². The maximum Gasteiger partial charge on any atom is 0.341 e. The molecule has 2 rings (SSSR count). The zero-order valence-electron chi connectivity index (χ0n) is 13.5. The van der Waals surface area contributed by atoms with Crippen molar-refractivity contribution in [2.45, 2.75) is 59.2 Å². The van der Waals surface area contributed by atoms with Crippen molar-refractivity contribution in [3.05, 3.63) is 16.0 Å². The van der Waals surface area contributed by atoms with Gasteiger partial charge in [0.2, 0.25) is 0 Å². The van der Waals surface area contributed by atoms with E-state index < -0.39 is 6.10 Å². The van der Waals surface area contributed by atoms with E-state index >= 15 is 0 Å². The van der Waals surface area contributed by atoms with Crippen LogP contribution in [0.3, 0.4) is 0 Å². The molecule has 0 aliphatic carbocycles. The number of amides is 1. The molecule has 0 saturated carbocycles. The van der Waals surface area contributed by atoms with Gasteiger partial charge in [-0.2, -0.15) is 0 Å². The number of nitrogens with one attached hydrogen (secondary N) is 1. The molecule has 0 bridgehead atoms. The lowest BCUT2D eigenvalue weighted by Crippen LogP contribution is -2.27. The third kappa shape index (κ3) is 3.67. The minimum atomic E-state index is -0.415. The summed E-state index contributed by atoms with van der Waals surface area (Å²) in [6.45, 7) is 8.19. The topological polar surface area (TPSA) is 64.6 Å². The third-order valence-corrected chi connectivity index (χ3v) is 4.63. The largest absolute Gasteiger partial charge is 0.459 e. The lowest BCUT2D eigenvalue weighted by Gasteiger charge is -2.13. The summed E-state index contributed by atoms with van der Waals surface area (Å²) in [5.41, 5.74) is 1.43. The van der Waals surface area contributed by atoms with Crippen LogP contribution in [0.25, 0.3) is 0 Å². The Balaban J connectivity index is 2.26. The molecule has 1 fully saturated rings. The van der Waals surface area contributed by atoms with Crippen LogP contribution in [0.4, 0.5) is 5.00 Å². The van der Waals surface area contributed by atoms with E-state index in [-0.39, 0.29) is 18.0 Å². The van der Waals surface area contributed by atoms with Gasteiger partial charge in [-0.15, -0.1) is 11.3 Å². The van der Waals surface area contributed by atoms with Crippen molar-refractivity contribution in [3.8, 4) is 0 Å². The van der Waals surface area contributed by atoms with Crippen molar-refractivity contribution >= 4 is 28.2 Å². The SMILES string of the molecule is CCc1c(C)sc(NC(=O)[C@H]2CCCO2)c1C(=O)OC(C)C. The lowest BCUT2D eigenvalue weighted by atomic mass is 10.1. The van der Waals surface area contributed by atoms with Crippen LogP contribution in [0.5, 0.6) is 0 Å². The molecular formula is C16H23NO4S. The monoisotopic (exact) mass is 325 g/mol. The molecule has 0 radical (unpaired) electrons. The van der Waals surface area contributed by atoms with Gasteiger partial charge in [-0.1, -0.05) is 6.92 Å². The highest BCUT2D eigenvalue weighted by atomic mass is 32.1. The Hall–Kier alpha value is -1.40. The first-order valence-electron chi connectivity index (χ1n) is 7.69. The molecule has 1 saturated heterocycles. The average Bonchev–Trinajstić information content (AvgIpc) is 3.05. The average molecular weight is 325 g/mol. The smallest absolute Gasteiger partial charge is 0.341 e. The molecule has 122 valence electrons. The minimum absolute atomic E-state index is 0.181. The molecule has 0 unspecified atom stereocenters. The lowest BCUT2D eigenvalue weighted by molar-refractivity contribution is -0.124. The Bertz CT molecular complexity index is 559. The molecular weight excluding hydrogens is 302 g/mol. The van der Waals surface area contributed by atoms with E-state index in [0.717, 1.165) is 29.7 Å². The fourth-order valence-corrected chi connectivity index (χ4v) is 3.69. The first-order valence-corrected chi connectivity index (χ1v) is 8.51. The van der Waals surface area contributed by atoms with Gasteiger partial charge in [0.25, 0.3) is 5.91 Å². The summed E-state index contributed by atoms with van der Waals surface area (Å²) in [6, 6.07) is 0. The number of hydrogen-bond acceptors (Lipinski definition) is 5. The van der Waals surface area contributed by atoms with Gasteiger partial charge in [0, 0.05) is 11.5 Å². The van der Waals surface area contributed by atoms with Crippen molar-refractivity contribution in [2.24, 2.45) is 0 Å². The molecule has 22 heavy (non-hydrogen) atoms. The van der Waals surface area contributed by atoms with Crippen molar-refractivity contribution in [3.63, 3.8) is 0 Å². The Morgan fingerprint density at radius 2 is 2.18 bits per heavy atom. The van der Waals surface area contributed by atoms with Crippen molar-refractivity contribution < 1.29 is 19.1 Å². The molecule has 1 aromatic rings. The molecule has 0 aromatic carbocycles. The second-order valence-corrected chi connectivity index (χ2v) is 6.86. The predicted octanol–water partition coefficient (Wildman–Crippen LogP) is 3.30. The summed E-state index contributed by atoms with van der Waals surface area (Å²) in [4.78, 5) is 25.6. The van der Waals surface area contributed by atoms with Gasteiger partial charge in [-0.25, -0.2) is 4.79 Å². The molecule has 1 atom stereocenters. The highest BCUT2D eigenvalue weighted by Gasteiger charge is 2.28. The van der Waals surface area contributed by atoms with E-state index in [9.17, 15) is 9.59 Å². The maximum absolute atomic E-state index is 12.4. The van der Waals surface area contributed by atoms with Crippen molar-refractivity contribution in [1.29, 1.82) is 0 Å². The second-order valence-electron chi connectivity index (χ2n) is 5.64. The van der Waals surface area contributed by atoms with E-state index in [1.54, 1.807) is 0 Å². The molecule has 6 heteroatoms. The molecule has 1 aliphatic rings. The summed E-state index contributed by atoms with van der Waals surface area (Å²) in [5, 5.41) is 3.43. The molecule has 2 heterocycles. The zero-order chi connectivity index (χ0) is 16.3. The number of rotatable bonds is 5. The van der Waals surface area contributed by atoms with Crippen LogP contribution < -0.4 is 5.32 Å². The first-order chi connectivity index (χ1) is 10.4. The van der Waals surface area contributed by atoms with Gasteiger partial charge in [0.15, 0.2) is 0 Å². The minimum Gasteiger partial charge on any atom is -0.459 e. The summed E-state index contributed by atoms with van der Waals surface area (Å²) >= 11 is 1.42. The number of carbonyl (C=O) groups is 2. The van der Waals surface area contributed by atoms with Crippen LogP contribution in [-0.4, -0.2) is 30.7 Å². The molecule has 1 amide bonds. The number of ether oxygens (including phenoxy) is 2. The van der Waals surface area contributed by atoms with Gasteiger partial charge in [0.05, 0.1) is 11.7 Å². The number of hydrogen-bond donors (Lipinski definition) is 1. The fraction of sp³-hybridized carbons (Fsp3) is 0.625. The van der Waals surface area contributed by atoms with E-state index in [0.29, 0.717) is 17.2 Å². The van der Waals surface area contributed by atoms with Crippen LogP contribution in [0.15, 0.2) is 0 Å². The van der Waals surface area contributed by atoms with Crippen LogP contribution >= 0.6 is 11.3 Å². The predicted molar refractivity (Wildman–Crippen MR) is 86.6 cm³/mol. The standard InChI is InChI=1S/C16H23NO4S/c1-5-11-10(4)22-15(13(11)16(19)21-9(2)3)17-14(18)12-7-6-8-20-12/h9,12H,5-8H2,1-4H3,(H,17,18)/t12-/m1/s1. The number of anilines is 1. The van der Waals surface area contributed by atoms with Gasteiger partial charge in [-0.05, 0) is 45.6 Å². The van der Waals surface area contributed by atoms with Gasteiger partial charge < -0.3 is 14.8 Å². The molecule has 5 nitrogen and oxygen atoms in total. The van der Waals surface area contributed by atoms with E-state index in [2.05, 4.69) is 5.32 Å². The van der Waals surface area contributed by atoms with Crippen molar-refractivity contribution in [2.75, 3.05) is 11.9 Å². The van der Waals surface area contributed by atoms with Gasteiger partial charge in [-0.3, -0.25) is 4.79 Å². The van der Waals surface area contributed by atoms with E-state index in [1.165, 1.54) is 11.3 Å². The Morgan fingerprint density at radius 3 is 2.73 bits per heavy atom.